The molecule has 1 atom stereocenters. The fourth-order valence-electron chi connectivity index (χ4n) is 4.58. The number of hydrogen-bond acceptors (Lipinski definition) is 8. The van der Waals surface area contributed by atoms with E-state index in [0.29, 0.717) is 44.5 Å². The Hall–Kier alpha value is -4.48. The number of pyridine rings is 1. The number of hydrogen-bond donors (Lipinski definition) is 2. The molecule has 202 valence electrons. The van der Waals surface area contributed by atoms with E-state index < -0.39 is 23.9 Å². The van der Waals surface area contributed by atoms with E-state index in [1.54, 1.807) is 37.6 Å². The average Bonchev–Trinajstić information content (AvgIpc) is 3.56. The molecule has 0 bridgehead atoms. The minimum absolute atomic E-state index is 0.115. The van der Waals surface area contributed by atoms with Crippen molar-refractivity contribution in [2.24, 2.45) is 5.73 Å². The Balaban J connectivity index is 1.23. The van der Waals surface area contributed by atoms with Crippen molar-refractivity contribution in [3.8, 4) is 22.1 Å². The number of halogens is 2. The molecule has 0 aliphatic carbocycles. The van der Waals surface area contributed by atoms with Crippen molar-refractivity contribution in [1.29, 1.82) is 0 Å². The van der Waals surface area contributed by atoms with Gasteiger partial charge >= 0.3 is 6.09 Å². The number of primary amides is 1. The van der Waals surface area contributed by atoms with Gasteiger partial charge in [0.1, 0.15) is 23.5 Å². The molecule has 1 aliphatic heterocycles. The first-order valence-corrected chi connectivity index (χ1v) is 13.2. The van der Waals surface area contributed by atoms with E-state index in [1.165, 1.54) is 29.5 Å². The first-order chi connectivity index (χ1) is 19.3. The number of rotatable bonds is 6. The molecular weight excluding hydrogens is 559 g/mol. The topological polar surface area (TPSA) is 126 Å². The Labute approximate surface area is 235 Å². The number of carbonyl (C=O) groups excluding carboxylic acids is 2. The number of nitrogens with two attached hydrogens (primary N) is 1. The van der Waals surface area contributed by atoms with Crippen LogP contribution < -0.4 is 20.5 Å². The van der Waals surface area contributed by atoms with Crippen molar-refractivity contribution >= 4 is 61.7 Å². The van der Waals surface area contributed by atoms with Crippen molar-refractivity contribution in [2.45, 2.75) is 12.5 Å². The molecule has 6 rings (SSSR count). The number of anilines is 1. The summed E-state index contributed by atoms with van der Waals surface area (Å²) in [6.07, 6.45) is 0.600. The van der Waals surface area contributed by atoms with E-state index in [0.717, 1.165) is 15.6 Å². The standard InChI is InChI=1S/C28H20ClFN4O5S/c1-37-17-7-14-5-15(29)8-19(23(14)32-11-17)27-34-22-10-21(30)24-20(25(22)40-27)9-18(39-24)12-38-28(36)33-16-4-2-3-13(6-16)26(31)35/h2-8,10-11,18H,9,12H2,1H3,(H2,31,35)(H,33,36). The molecule has 3 heterocycles. The quantitative estimate of drug-likeness (QED) is 0.254. The van der Waals surface area contributed by atoms with E-state index in [9.17, 15) is 9.59 Å². The summed E-state index contributed by atoms with van der Waals surface area (Å²) in [6, 6.07) is 12.9. The fourth-order valence-corrected chi connectivity index (χ4v) is 5.91. The molecule has 40 heavy (non-hydrogen) atoms. The number of nitrogens with zero attached hydrogens (tertiary/aromatic N) is 2. The second-order valence-electron chi connectivity index (χ2n) is 9.05. The fraction of sp³-hybridized carbons (Fsp3) is 0.143. The van der Waals surface area contributed by atoms with Gasteiger partial charge in [-0.25, -0.2) is 14.2 Å². The summed E-state index contributed by atoms with van der Waals surface area (Å²) in [7, 11) is 1.56. The zero-order valence-electron chi connectivity index (χ0n) is 20.9. The molecule has 0 radical (unpaired) electrons. The molecule has 5 aromatic rings. The first-order valence-electron chi connectivity index (χ1n) is 12.0. The van der Waals surface area contributed by atoms with Gasteiger partial charge in [0.25, 0.3) is 0 Å². The predicted molar refractivity (Wildman–Crippen MR) is 150 cm³/mol. The second-order valence-corrected chi connectivity index (χ2v) is 10.5. The largest absolute Gasteiger partial charge is 0.495 e. The molecule has 12 heteroatoms. The highest BCUT2D eigenvalue weighted by atomic mass is 35.5. The Bertz CT molecular complexity index is 1830. The Kier molecular flexibility index (Phi) is 6.60. The summed E-state index contributed by atoms with van der Waals surface area (Å²) >= 11 is 7.78. The Morgan fingerprint density at radius 1 is 1.25 bits per heavy atom. The number of thiazole rings is 1. The van der Waals surface area contributed by atoms with Gasteiger partial charge in [-0.05, 0) is 36.4 Å². The molecule has 3 N–H and O–H groups in total. The van der Waals surface area contributed by atoms with Crippen LogP contribution in [0, 0.1) is 5.82 Å². The Morgan fingerprint density at radius 3 is 2.90 bits per heavy atom. The Morgan fingerprint density at radius 2 is 2.10 bits per heavy atom. The number of methoxy groups -OCH3 is 1. The van der Waals surface area contributed by atoms with Gasteiger partial charge in [0.05, 0.1) is 29.0 Å². The van der Waals surface area contributed by atoms with Gasteiger partial charge in [-0.1, -0.05) is 17.7 Å². The summed E-state index contributed by atoms with van der Waals surface area (Å²) < 4.78 is 32.2. The van der Waals surface area contributed by atoms with Crippen LogP contribution in [0.15, 0.2) is 54.7 Å². The van der Waals surface area contributed by atoms with Gasteiger partial charge in [-0.2, -0.15) is 0 Å². The number of amides is 2. The highest BCUT2D eigenvalue weighted by molar-refractivity contribution is 7.22. The lowest BCUT2D eigenvalue weighted by Crippen LogP contribution is -2.25. The molecule has 9 nitrogen and oxygen atoms in total. The SMILES string of the molecule is COc1cnc2c(-c3nc4cc(F)c5c(c4s3)CC(COC(=O)Nc3cccc(C(N)=O)c3)O5)cc(Cl)cc2c1. The number of fused-ring (bicyclic) bond motifs is 4. The smallest absolute Gasteiger partial charge is 0.411 e. The van der Waals surface area contributed by atoms with Crippen LogP contribution in [0.3, 0.4) is 0 Å². The van der Waals surface area contributed by atoms with E-state index in [1.807, 2.05) is 6.07 Å². The minimum atomic E-state index is -0.746. The molecule has 3 aromatic carbocycles. The highest BCUT2D eigenvalue weighted by Gasteiger charge is 2.31. The van der Waals surface area contributed by atoms with Gasteiger partial charge in [0, 0.05) is 45.3 Å². The van der Waals surface area contributed by atoms with Crippen LogP contribution in [0.25, 0.3) is 31.7 Å². The van der Waals surface area contributed by atoms with Crippen LogP contribution in [-0.2, 0) is 11.2 Å². The average molecular weight is 579 g/mol. The van der Waals surface area contributed by atoms with Crippen molar-refractivity contribution in [3.05, 3.63) is 76.7 Å². The number of benzene rings is 3. The highest BCUT2D eigenvalue weighted by Crippen LogP contribution is 2.43. The summed E-state index contributed by atoms with van der Waals surface area (Å²) in [5, 5.41) is 4.47. The molecular formula is C28H20ClFN4O5S. The normalized spacial score (nSPS) is 14.1. The summed E-state index contributed by atoms with van der Waals surface area (Å²) in [6.45, 7) is -0.118. The van der Waals surface area contributed by atoms with E-state index in [-0.39, 0.29) is 17.9 Å². The maximum atomic E-state index is 15.0. The molecule has 1 aliphatic rings. The predicted octanol–water partition coefficient (Wildman–Crippen LogP) is 5.96. The molecule has 0 saturated heterocycles. The first kappa shape index (κ1) is 25.8. The van der Waals surface area contributed by atoms with Crippen LogP contribution >= 0.6 is 22.9 Å². The van der Waals surface area contributed by atoms with E-state index >= 15 is 4.39 Å². The molecule has 0 fully saturated rings. The van der Waals surface area contributed by atoms with Crippen LogP contribution in [0.4, 0.5) is 14.9 Å². The van der Waals surface area contributed by atoms with Crippen molar-refractivity contribution in [2.75, 3.05) is 19.0 Å². The lowest BCUT2D eigenvalue weighted by Gasteiger charge is -2.12. The van der Waals surface area contributed by atoms with Crippen LogP contribution in [0.2, 0.25) is 5.02 Å². The third kappa shape index (κ3) is 4.85. The lowest BCUT2D eigenvalue weighted by atomic mass is 10.1. The summed E-state index contributed by atoms with van der Waals surface area (Å²) in [4.78, 5) is 32.9. The maximum Gasteiger partial charge on any atom is 0.411 e. The maximum absolute atomic E-state index is 15.0. The molecule has 2 aromatic heterocycles. The zero-order valence-corrected chi connectivity index (χ0v) is 22.4. The van der Waals surface area contributed by atoms with Gasteiger partial charge in [0.2, 0.25) is 5.91 Å². The van der Waals surface area contributed by atoms with E-state index in [2.05, 4.69) is 15.3 Å². The second kappa shape index (κ2) is 10.2. The van der Waals surface area contributed by atoms with Gasteiger partial charge in [-0.15, -0.1) is 11.3 Å². The molecule has 0 spiro atoms. The molecule has 2 amide bonds. The molecule has 1 unspecified atom stereocenters. The third-order valence-electron chi connectivity index (χ3n) is 6.38. The van der Waals surface area contributed by atoms with Crippen molar-refractivity contribution < 1.29 is 28.2 Å². The van der Waals surface area contributed by atoms with Gasteiger partial charge < -0.3 is 19.9 Å². The summed E-state index contributed by atoms with van der Waals surface area (Å²) in [5.41, 5.74) is 8.42. The number of aromatic nitrogens is 2. The third-order valence-corrected chi connectivity index (χ3v) is 7.76. The molecule has 0 saturated carbocycles. The minimum Gasteiger partial charge on any atom is -0.495 e. The number of ether oxygens (including phenoxy) is 3. The van der Waals surface area contributed by atoms with Crippen LogP contribution in [0.5, 0.6) is 11.5 Å². The van der Waals surface area contributed by atoms with Crippen molar-refractivity contribution in [1.82, 2.24) is 9.97 Å². The lowest BCUT2D eigenvalue weighted by molar-refractivity contribution is 0.0994. The van der Waals surface area contributed by atoms with Gasteiger partial charge in [-0.3, -0.25) is 15.1 Å². The van der Waals surface area contributed by atoms with Crippen LogP contribution in [-0.4, -0.2) is 41.8 Å². The number of carbonyl (C=O) groups is 2. The number of nitrogens with one attached hydrogen (secondary N) is 1. The van der Waals surface area contributed by atoms with Gasteiger partial charge in [0.15, 0.2) is 11.6 Å². The summed E-state index contributed by atoms with van der Waals surface area (Å²) in [5.74, 6) is -0.449. The zero-order chi connectivity index (χ0) is 28.0. The van der Waals surface area contributed by atoms with E-state index in [4.69, 9.17) is 31.5 Å². The van der Waals surface area contributed by atoms with Crippen molar-refractivity contribution in [3.63, 3.8) is 0 Å². The monoisotopic (exact) mass is 578 g/mol. The van der Waals surface area contributed by atoms with Crippen LogP contribution in [0.1, 0.15) is 15.9 Å².